The fourth-order valence-electron chi connectivity index (χ4n) is 1.95. The second-order valence-corrected chi connectivity index (χ2v) is 4.51. The van der Waals surface area contributed by atoms with Gasteiger partial charge < -0.3 is 5.32 Å². The second-order valence-electron chi connectivity index (χ2n) is 4.07. The van der Waals surface area contributed by atoms with E-state index in [0.29, 0.717) is 0 Å². The average molecular weight is 247 g/mol. The van der Waals surface area contributed by atoms with E-state index in [1.54, 1.807) is 0 Å². The number of hydrogen-bond donors (Lipinski definition) is 1. The maximum Gasteiger partial charge on any atom is 0.0590 e. The Hall–Kier alpha value is -1.38. The maximum atomic E-state index is 6.02. The molecule has 1 aromatic heterocycles. The van der Waals surface area contributed by atoms with Crippen LogP contribution >= 0.6 is 11.6 Å². The third-order valence-electron chi connectivity index (χ3n) is 2.70. The Balaban J connectivity index is 2.40. The fraction of sp³-hybridized carbons (Fsp3) is 0.214. The molecule has 1 heterocycles. The molecule has 0 aliphatic rings. The zero-order valence-corrected chi connectivity index (χ0v) is 10.7. The summed E-state index contributed by atoms with van der Waals surface area (Å²) in [5.41, 5.74) is 3.45. The standard InChI is InChI=1S/C14H15ClN2/c1-10-6-12(9-17-8-10)14(16-2)11-4-3-5-13(15)7-11/h3-9,14,16H,1-2H3. The Bertz CT molecular complexity index is 466. The van der Waals surface area contributed by atoms with Gasteiger partial charge in [-0.15, -0.1) is 0 Å². The van der Waals surface area contributed by atoms with Gasteiger partial charge in [-0.25, -0.2) is 0 Å². The third-order valence-corrected chi connectivity index (χ3v) is 2.94. The molecule has 0 fully saturated rings. The van der Waals surface area contributed by atoms with Gasteiger partial charge in [0.2, 0.25) is 0 Å². The zero-order chi connectivity index (χ0) is 12.3. The van der Waals surface area contributed by atoms with Crippen molar-refractivity contribution in [3.8, 4) is 0 Å². The maximum absolute atomic E-state index is 6.02. The lowest BCUT2D eigenvalue weighted by molar-refractivity contribution is 0.688. The lowest BCUT2D eigenvalue weighted by atomic mass is 9.99. The van der Waals surface area contributed by atoms with Gasteiger partial charge in [-0.3, -0.25) is 4.98 Å². The summed E-state index contributed by atoms with van der Waals surface area (Å²) in [6.07, 6.45) is 3.74. The first-order chi connectivity index (χ1) is 8.20. The average Bonchev–Trinajstić information content (AvgIpc) is 2.30. The summed E-state index contributed by atoms with van der Waals surface area (Å²) in [4.78, 5) is 4.23. The lowest BCUT2D eigenvalue weighted by Crippen LogP contribution is -2.17. The number of nitrogens with zero attached hydrogens (tertiary/aromatic N) is 1. The number of hydrogen-bond acceptors (Lipinski definition) is 2. The van der Waals surface area contributed by atoms with E-state index in [-0.39, 0.29) is 6.04 Å². The smallest absolute Gasteiger partial charge is 0.0590 e. The van der Waals surface area contributed by atoms with Crippen LogP contribution in [0, 0.1) is 6.92 Å². The SMILES string of the molecule is CNC(c1cncc(C)c1)c1cccc(Cl)c1. The van der Waals surface area contributed by atoms with E-state index >= 15 is 0 Å². The Morgan fingerprint density at radius 1 is 1.18 bits per heavy atom. The summed E-state index contributed by atoms with van der Waals surface area (Å²) in [6, 6.07) is 10.1. The first kappa shape index (κ1) is 12.1. The van der Waals surface area contributed by atoms with E-state index < -0.39 is 0 Å². The van der Waals surface area contributed by atoms with Crippen LogP contribution in [0.2, 0.25) is 5.02 Å². The number of nitrogens with one attached hydrogen (secondary N) is 1. The summed E-state index contributed by atoms with van der Waals surface area (Å²) >= 11 is 6.02. The quantitative estimate of drug-likeness (QED) is 0.899. The molecule has 2 aromatic rings. The van der Waals surface area contributed by atoms with Gasteiger partial charge in [0.05, 0.1) is 6.04 Å². The zero-order valence-electron chi connectivity index (χ0n) is 9.94. The van der Waals surface area contributed by atoms with Crippen LogP contribution < -0.4 is 5.32 Å². The largest absolute Gasteiger partial charge is 0.309 e. The molecular weight excluding hydrogens is 232 g/mol. The minimum Gasteiger partial charge on any atom is -0.309 e. The van der Waals surface area contributed by atoms with Crippen LogP contribution in [0.3, 0.4) is 0 Å². The molecule has 2 rings (SSSR count). The number of halogens is 1. The lowest BCUT2D eigenvalue weighted by Gasteiger charge is -2.17. The van der Waals surface area contributed by atoms with Crippen molar-refractivity contribution < 1.29 is 0 Å². The molecule has 88 valence electrons. The van der Waals surface area contributed by atoms with Crippen LogP contribution in [0.5, 0.6) is 0 Å². The van der Waals surface area contributed by atoms with Crippen molar-refractivity contribution in [2.45, 2.75) is 13.0 Å². The minimum absolute atomic E-state index is 0.126. The first-order valence-electron chi connectivity index (χ1n) is 5.55. The van der Waals surface area contributed by atoms with Crippen molar-refractivity contribution in [1.29, 1.82) is 0 Å². The molecule has 0 radical (unpaired) electrons. The van der Waals surface area contributed by atoms with Crippen molar-refractivity contribution in [3.05, 3.63) is 64.4 Å². The van der Waals surface area contributed by atoms with Crippen molar-refractivity contribution in [2.24, 2.45) is 0 Å². The molecule has 0 saturated heterocycles. The van der Waals surface area contributed by atoms with E-state index in [1.807, 2.05) is 44.6 Å². The molecule has 1 atom stereocenters. The van der Waals surface area contributed by atoms with Crippen LogP contribution in [-0.4, -0.2) is 12.0 Å². The summed E-state index contributed by atoms with van der Waals surface area (Å²) < 4.78 is 0. The van der Waals surface area contributed by atoms with E-state index in [9.17, 15) is 0 Å². The Morgan fingerprint density at radius 3 is 2.65 bits per heavy atom. The fourth-order valence-corrected chi connectivity index (χ4v) is 2.15. The number of aromatic nitrogens is 1. The molecule has 0 saturated carbocycles. The van der Waals surface area contributed by atoms with Gasteiger partial charge in [-0.05, 0) is 42.8 Å². The van der Waals surface area contributed by atoms with E-state index in [4.69, 9.17) is 11.6 Å². The number of aryl methyl sites for hydroxylation is 1. The minimum atomic E-state index is 0.126. The molecular formula is C14H15ClN2. The highest BCUT2D eigenvalue weighted by molar-refractivity contribution is 6.30. The predicted octanol–water partition coefficient (Wildman–Crippen LogP) is 3.35. The van der Waals surface area contributed by atoms with Crippen molar-refractivity contribution >= 4 is 11.6 Å². The van der Waals surface area contributed by atoms with Gasteiger partial charge in [0.15, 0.2) is 0 Å². The molecule has 3 heteroatoms. The van der Waals surface area contributed by atoms with Gasteiger partial charge >= 0.3 is 0 Å². The Morgan fingerprint density at radius 2 is 2.00 bits per heavy atom. The number of rotatable bonds is 3. The second kappa shape index (κ2) is 5.30. The molecule has 1 N–H and O–H groups in total. The molecule has 17 heavy (non-hydrogen) atoms. The van der Waals surface area contributed by atoms with Gasteiger partial charge in [-0.2, -0.15) is 0 Å². The topological polar surface area (TPSA) is 24.9 Å². The van der Waals surface area contributed by atoms with Crippen LogP contribution in [0.25, 0.3) is 0 Å². The monoisotopic (exact) mass is 246 g/mol. The van der Waals surface area contributed by atoms with Crippen molar-refractivity contribution in [3.63, 3.8) is 0 Å². The highest BCUT2D eigenvalue weighted by Gasteiger charge is 2.12. The van der Waals surface area contributed by atoms with Crippen LogP contribution in [0.15, 0.2) is 42.7 Å². The molecule has 0 spiro atoms. The normalized spacial score (nSPS) is 12.4. The van der Waals surface area contributed by atoms with Gasteiger partial charge in [-0.1, -0.05) is 29.8 Å². The van der Waals surface area contributed by atoms with Crippen LogP contribution in [0.1, 0.15) is 22.7 Å². The summed E-state index contributed by atoms with van der Waals surface area (Å²) in [7, 11) is 1.94. The van der Waals surface area contributed by atoms with Gasteiger partial charge in [0.1, 0.15) is 0 Å². The Labute approximate surface area is 107 Å². The summed E-state index contributed by atoms with van der Waals surface area (Å²) in [6.45, 7) is 2.04. The third kappa shape index (κ3) is 2.84. The van der Waals surface area contributed by atoms with Gasteiger partial charge in [0.25, 0.3) is 0 Å². The number of pyridine rings is 1. The molecule has 2 nitrogen and oxygen atoms in total. The van der Waals surface area contributed by atoms with E-state index in [1.165, 1.54) is 0 Å². The van der Waals surface area contributed by atoms with Crippen LogP contribution in [0.4, 0.5) is 0 Å². The van der Waals surface area contributed by atoms with Crippen molar-refractivity contribution in [2.75, 3.05) is 7.05 Å². The summed E-state index contributed by atoms with van der Waals surface area (Å²) in [5.74, 6) is 0. The molecule has 1 unspecified atom stereocenters. The molecule has 1 aromatic carbocycles. The molecule has 0 bridgehead atoms. The molecule has 0 aliphatic carbocycles. The Kier molecular flexibility index (Phi) is 3.77. The summed E-state index contributed by atoms with van der Waals surface area (Å²) in [5, 5.41) is 4.04. The number of benzene rings is 1. The van der Waals surface area contributed by atoms with Gasteiger partial charge in [0, 0.05) is 17.4 Å². The molecule has 0 amide bonds. The highest BCUT2D eigenvalue weighted by atomic mass is 35.5. The highest BCUT2D eigenvalue weighted by Crippen LogP contribution is 2.23. The van der Waals surface area contributed by atoms with E-state index in [2.05, 4.69) is 22.4 Å². The predicted molar refractivity (Wildman–Crippen MR) is 71.3 cm³/mol. The van der Waals surface area contributed by atoms with Crippen LogP contribution in [-0.2, 0) is 0 Å². The van der Waals surface area contributed by atoms with Crippen molar-refractivity contribution in [1.82, 2.24) is 10.3 Å². The van der Waals surface area contributed by atoms with E-state index in [0.717, 1.165) is 21.7 Å². The molecule has 0 aliphatic heterocycles. The first-order valence-corrected chi connectivity index (χ1v) is 5.93.